The van der Waals surface area contributed by atoms with Gasteiger partial charge in [0.05, 0.1) is 24.3 Å². The van der Waals surface area contributed by atoms with Crippen LogP contribution in [-0.2, 0) is 14.2 Å². The van der Waals surface area contributed by atoms with E-state index in [-0.39, 0.29) is 35.7 Å². The van der Waals surface area contributed by atoms with Gasteiger partial charge in [0.15, 0.2) is 11.4 Å². The summed E-state index contributed by atoms with van der Waals surface area (Å²) in [4.78, 5) is 52.1. The summed E-state index contributed by atoms with van der Waals surface area (Å²) >= 11 is 0. The number of carbonyl (C=O) groups is 4. The van der Waals surface area contributed by atoms with Crippen molar-refractivity contribution in [2.45, 2.75) is 13.8 Å². The molecule has 1 aliphatic heterocycles. The number of rotatable bonds is 4. The Labute approximate surface area is 154 Å². The molecule has 0 radical (unpaired) electrons. The minimum Gasteiger partial charge on any atom is -0.462 e. The van der Waals surface area contributed by atoms with Crippen LogP contribution in [0.4, 0.5) is 0 Å². The first kappa shape index (κ1) is 19.7. The fourth-order valence-corrected chi connectivity index (χ4v) is 2.06. The average Bonchev–Trinajstić information content (AvgIpc) is 2.97. The number of cyclic esters (lactones) is 2. The summed E-state index contributed by atoms with van der Waals surface area (Å²) < 4.78 is 13.9. The van der Waals surface area contributed by atoms with Crippen LogP contribution in [0.1, 0.15) is 55.5 Å². The Balaban J connectivity index is 0.000000206. The van der Waals surface area contributed by atoms with E-state index in [2.05, 4.69) is 14.7 Å². The highest BCUT2D eigenvalue weighted by Crippen LogP contribution is 2.15. The lowest BCUT2D eigenvalue weighted by Crippen LogP contribution is -2.15. The number of aromatic nitrogens is 2. The zero-order valence-corrected chi connectivity index (χ0v) is 14.6. The molecule has 27 heavy (non-hydrogen) atoms. The highest BCUT2D eigenvalue weighted by molar-refractivity contribution is 6.13. The molecule has 3 heterocycles. The monoisotopic (exact) mass is 372 g/mol. The van der Waals surface area contributed by atoms with E-state index in [1.165, 1.54) is 24.5 Å². The first-order valence-corrected chi connectivity index (χ1v) is 8.00. The van der Waals surface area contributed by atoms with E-state index >= 15 is 0 Å². The molecule has 1 aliphatic rings. The van der Waals surface area contributed by atoms with Crippen LogP contribution in [-0.4, -0.2) is 47.1 Å². The summed E-state index contributed by atoms with van der Waals surface area (Å²) in [7, 11) is 0. The lowest BCUT2D eigenvalue weighted by Gasteiger charge is -2.06. The van der Waals surface area contributed by atoms with Gasteiger partial charge in [-0.15, -0.1) is 0 Å². The molecule has 0 atom stereocenters. The second-order valence-corrected chi connectivity index (χ2v) is 4.92. The maximum Gasteiger partial charge on any atom is 0.365 e. The van der Waals surface area contributed by atoms with E-state index < -0.39 is 23.9 Å². The van der Waals surface area contributed by atoms with Crippen molar-refractivity contribution in [3.8, 4) is 0 Å². The molecule has 2 aromatic rings. The third kappa shape index (κ3) is 4.72. The van der Waals surface area contributed by atoms with Crippen LogP contribution < -0.4 is 0 Å². The third-order valence-electron chi connectivity index (χ3n) is 3.18. The lowest BCUT2D eigenvalue weighted by molar-refractivity contribution is 0.0439. The fraction of sp³-hybridized carbons (Fsp3) is 0.222. The number of hydrogen-bond acceptors (Lipinski definition) is 9. The minimum absolute atomic E-state index is 0.0113. The summed E-state index contributed by atoms with van der Waals surface area (Å²) in [6.07, 6.45) is 2.87. The molecular weight excluding hydrogens is 356 g/mol. The molecule has 0 spiro atoms. The van der Waals surface area contributed by atoms with Gasteiger partial charge in [0, 0.05) is 12.4 Å². The van der Waals surface area contributed by atoms with Crippen molar-refractivity contribution in [2.75, 3.05) is 13.2 Å². The summed E-state index contributed by atoms with van der Waals surface area (Å²) in [5, 5.41) is 0. The second kappa shape index (κ2) is 9.18. The molecule has 0 aliphatic carbocycles. The predicted octanol–water partition coefficient (Wildman–Crippen LogP) is 1.83. The summed E-state index contributed by atoms with van der Waals surface area (Å²) in [6.45, 7) is 3.86. The third-order valence-corrected chi connectivity index (χ3v) is 3.18. The Bertz CT molecular complexity index is 810. The molecule has 0 saturated heterocycles. The van der Waals surface area contributed by atoms with Crippen LogP contribution in [0.2, 0.25) is 0 Å². The van der Waals surface area contributed by atoms with Gasteiger partial charge in [0.2, 0.25) is 0 Å². The van der Waals surface area contributed by atoms with E-state index in [0.29, 0.717) is 0 Å². The molecular formula is C18H16N2O7. The van der Waals surface area contributed by atoms with Crippen LogP contribution in [0, 0.1) is 0 Å². The van der Waals surface area contributed by atoms with Crippen LogP contribution in [0.5, 0.6) is 0 Å². The number of nitrogens with zero attached hydrogens (tertiary/aromatic N) is 2. The van der Waals surface area contributed by atoms with E-state index in [9.17, 15) is 19.2 Å². The predicted molar refractivity (Wildman–Crippen MR) is 90.1 cm³/mol. The second-order valence-electron chi connectivity index (χ2n) is 4.92. The number of pyridine rings is 2. The number of esters is 4. The molecule has 0 aromatic carbocycles. The van der Waals surface area contributed by atoms with Gasteiger partial charge >= 0.3 is 23.9 Å². The molecule has 9 nitrogen and oxygen atoms in total. The highest BCUT2D eigenvalue weighted by atomic mass is 16.6. The van der Waals surface area contributed by atoms with E-state index in [1.54, 1.807) is 26.0 Å². The van der Waals surface area contributed by atoms with E-state index in [1.807, 2.05) is 0 Å². The van der Waals surface area contributed by atoms with Crippen molar-refractivity contribution in [1.82, 2.24) is 9.97 Å². The Morgan fingerprint density at radius 2 is 1.56 bits per heavy atom. The number of carbonyl (C=O) groups excluding carboxylic acids is 4. The van der Waals surface area contributed by atoms with Gasteiger partial charge in [-0.05, 0) is 38.1 Å². The van der Waals surface area contributed by atoms with Gasteiger partial charge in [0.25, 0.3) is 0 Å². The molecule has 9 heteroatoms. The first-order chi connectivity index (χ1) is 13.0. The number of hydrogen-bond donors (Lipinski definition) is 0. The normalized spacial score (nSPS) is 11.6. The summed E-state index contributed by atoms with van der Waals surface area (Å²) in [6, 6.07) is 6.14. The van der Waals surface area contributed by atoms with Gasteiger partial charge in [-0.25, -0.2) is 29.1 Å². The molecule has 2 aromatic heterocycles. The molecule has 0 bridgehead atoms. The molecule has 0 fully saturated rings. The Hall–Kier alpha value is -3.62. The minimum atomic E-state index is -0.661. The SMILES string of the molecule is CCOC(=O)c1cccnc1C(=O)OCC.O=C1OC(=O)c2ncccc21. The van der Waals surface area contributed by atoms with Crippen molar-refractivity contribution in [3.05, 3.63) is 59.2 Å². The van der Waals surface area contributed by atoms with Crippen molar-refractivity contribution in [2.24, 2.45) is 0 Å². The average molecular weight is 372 g/mol. The molecule has 3 rings (SSSR count). The van der Waals surface area contributed by atoms with Crippen LogP contribution in [0.25, 0.3) is 0 Å². The van der Waals surface area contributed by atoms with Crippen molar-refractivity contribution in [1.29, 1.82) is 0 Å². The van der Waals surface area contributed by atoms with Gasteiger partial charge in [0.1, 0.15) is 0 Å². The lowest BCUT2D eigenvalue weighted by atomic mass is 10.2. The van der Waals surface area contributed by atoms with Gasteiger partial charge in [-0.3, -0.25) is 0 Å². The van der Waals surface area contributed by atoms with E-state index in [4.69, 9.17) is 9.47 Å². The Morgan fingerprint density at radius 3 is 2.22 bits per heavy atom. The summed E-state index contributed by atoms with van der Waals surface area (Å²) in [5.74, 6) is -2.46. The molecule has 0 amide bonds. The maximum atomic E-state index is 11.5. The molecule has 0 saturated carbocycles. The molecule has 0 N–H and O–H groups in total. The fourth-order valence-electron chi connectivity index (χ4n) is 2.06. The zero-order valence-electron chi connectivity index (χ0n) is 14.6. The van der Waals surface area contributed by atoms with Gasteiger partial charge in [-0.1, -0.05) is 0 Å². The topological polar surface area (TPSA) is 122 Å². The van der Waals surface area contributed by atoms with Crippen LogP contribution >= 0.6 is 0 Å². The van der Waals surface area contributed by atoms with Gasteiger partial charge in [-0.2, -0.15) is 0 Å². The van der Waals surface area contributed by atoms with Crippen LogP contribution in [0.15, 0.2) is 36.7 Å². The van der Waals surface area contributed by atoms with Crippen molar-refractivity contribution < 1.29 is 33.4 Å². The largest absolute Gasteiger partial charge is 0.462 e. The van der Waals surface area contributed by atoms with Gasteiger partial charge < -0.3 is 14.2 Å². The first-order valence-electron chi connectivity index (χ1n) is 8.00. The number of fused-ring (bicyclic) bond motifs is 1. The number of ether oxygens (including phenoxy) is 3. The summed E-state index contributed by atoms with van der Waals surface area (Å²) in [5.41, 5.74) is 0.473. The Morgan fingerprint density at radius 1 is 0.926 bits per heavy atom. The Kier molecular flexibility index (Phi) is 6.70. The molecule has 0 unspecified atom stereocenters. The van der Waals surface area contributed by atoms with Crippen LogP contribution in [0.3, 0.4) is 0 Å². The van der Waals surface area contributed by atoms with Crippen molar-refractivity contribution >= 4 is 23.9 Å². The highest BCUT2D eigenvalue weighted by Gasteiger charge is 2.30. The maximum absolute atomic E-state index is 11.5. The standard InChI is InChI=1S/C11H13NO4.C7H3NO3/c1-3-15-10(13)8-6-5-7-12-9(8)11(14)16-4-2;9-6-4-2-1-3-8-5(4)7(10)11-6/h5-7H,3-4H2,1-2H3;1-3H. The van der Waals surface area contributed by atoms with E-state index in [0.717, 1.165) is 0 Å². The van der Waals surface area contributed by atoms with Crippen molar-refractivity contribution in [3.63, 3.8) is 0 Å². The molecule has 140 valence electrons. The smallest absolute Gasteiger partial charge is 0.365 e. The quantitative estimate of drug-likeness (QED) is 0.449. The zero-order chi connectivity index (χ0) is 19.8.